The Labute approximate surface area is 168 Å². The maximum absolute atomic E-state index is 13.1. The largest absolute Gasteiger partial charge is 0.435 e. The van der Waals surface area contributed by atoms with Crippen LogP contribution in [0.15, 0.2) is 35.6 Å². The molecule has 1 aliphatic rings. The second-order valence-corrected chi connectivity index (χ2v) is 6.96. The Bertz CT molecular complexity index is 809. The van der Waals surface area contributed by atoms with E-state index in [1.807, 2.05) is 25.1 Å². The average molecular weight is 409 g/mol. The van der Waals surface area contributed by atoms with Crippen LogP contribution in [-0.2, 0) is 19.8 Å². The number of aliphatic imine (C=N–C) groups is 1. The molecule has 7 nitrogen and oxygen atoms in total. The Kier molecular flexibility index (Phi) is 6.60. The van der Waals surface area contributed by atoms with Crippen molar-refractivity contribution in [2.24, 2.45) is 12.0 Å². The van der Waals surface area contributed by atoms with Gasteiger partial charge >= 0.3 is 6.18 Å². The topological polar surface area (TPSA) is 70.4 Å². The van der Waals surface area contributed by atoms with Crippen LogP contribution in [0.1, 0.15) is 31.0 Å². The molecule has 2 aromatic rings. The number of aromatic nitrogens is 3. The van der Waals surface area contributed by atoms with Gasteiger partial charge in [-0.2, -0.15) is 18.3 Å². The van der Waals surface area contributed by atoms with Crippen LogP contribution in [0, 0.1) is 0 Å². The summed E-state index contributed by atoms with van der Waals surface area (Å²) in [7, 11) is 1.47. The first-order valence-electron chi connectivity index (χ1n) is 9.67. The van der Waals surface area contributed by atoms with Crippen molar-refractivity contribution >= 4 is 11.8 Å². The van der Waals surface area contributed by atoms with Crippen LogP contribution >= 0.6 is 0 Å². The lowest BCUT2D eigenvalue weighted by Crippen LogP contribution is -2.48. The number of halogens is 3. The fraction of sp³-hybridized carbons (Fsp3) is 0.526. The molecular formula is C19H26F3N7. The van der Waals surface area contributed by atoms with E-state index >= 15 is 0 Å². The Morgan fingerprint density at radius 2 is 2.03 bits per heavy atom. The smallest absolute Gasteiger partial charge is 0.357 e. The first-order valence-corrected chi connectivity index (χ1v) is 9.67. The summed E-state index contributed by atoms with van der Waals surface area (Å²) in [6.45, 7) is 4.17. The lowest BCUT2D eigenvalue weighted by molar-refractivity contribution is -0.142. The molecule has 158 valence electrons. The molecule has 0 atom stereocenters. The molecule has 1 saturated heterocycles. The zero-order chi connectivity index (χ0) is 20.9. The molecule has 0 unspecified atom stereocenters. The average Bonchev–Trinajstić information content (AvgIpc) is 3.09. The van der Waals surface area contributed by atoms with Crippen LogP contribution in [0.4, 0.5) is 19.0 Å². The van der Waals surface area contributed by atoms with E-state index in [0.29, 0.717) is 12.5 Å². The Balaban J connectivity index is 1.61. The Hall–Kier alpha value is -2.78. The number of alkyl halides is 3. The molecule has 0 radical (unpaired) electrons. The highest BCUT2D eigenvalue weighted by Gasteiger charge is 2.36. The maximum Gasteiger partial charge on any atom is 0.435 e. The van der Waals surface area contributed by atoms with Crippen LogP contribution < -0.4 is 15.5 Å². The van der Waals surface area contributed by atoms with Crippen LogP contribution in [0.2, 0.25) is 0 Å². The van der Waals surface area contributed by atoms with Gasteiger partial charge in [0.1, 0.15) is 5.82 Å². The lowest BCUT2D eigenvalue weighted by atomic mass is 10.1. The minimum absolute atomic E-state index is 0.0576. The van der Waals surface area contributed by atoms with Gasteiger partial charge in [0.15, 0.2) is 11.7 Å². The minimum Gasteiger partial charge on any atom is -0.357 e. The van der Waals surface area contributed by atoms with E-state index in [1.54, 1.807) is 6.20 Å². The molecule has 0 aromatic carbocycles. The number of piperidine rings is 1. The monoisotopic (exact) mass is 409 g/mol. The predicted molar refractivity (Wildman–Crippen MR) is 106 cm³/mol. The summed E-state index contributed by atoms with van der Waals surface area (Å²) < 4.78 is 40.5. The van der Waals surface area contributed by atoms with Gasteiger partial charge in [-0.1, -0.05) is 6.07 Å². The molecular weight excluding hydrogens is 383 g/mol. The number of guanidine groups is 1. The van der Waals surface area contributed by atoms with E-state index in [9.17, 15) is 13.2 Å². The summed E-state index contributed by atoms with van der Waals surface area (Å²) in [6.07, 6.45) is 0.435. The first kappa shape index (κ1) is 20.9. The summed E-state index contributed by atoms with van der Waals surface area (Å²) in [4.78, 5) is 11.0. The second-order valence-electron chi connectivity index (χ2n) is 6.96. The molecule has 0 bridgehead atoms. The van der Waals surface area contributed by atoms with Crippen molar-refractivity contribution in [2.75, 3.05) is 24.5 Å². The van der Waals surface area contributed by atoms with Gasteiger partial charge in [0.05, 0.1) is 6.54 Å². The molecule has 3 heterocycles. The minimum atomic E-state index is -4.49. The fourth-order valence-electron chi connectivity index (χ4n) is 3.36. The SMILES string of the molecule is CCNC(=NCc1cn(C)nc1C(F)(F)F)NC1CCN(c2ccccn2)CC1. The summed E-state index contributed by atoms with van der Waals surface area (Å²) >= 11 is 0. The highest BCUT2D eigenvalue weighted by molar-refractivity contribution is 5.80. The number of aryl methyl sites for hydroxylation is 1. The zero-order valence-electron chi connectivity index (χ0n) is 16.6. The zero-order valence-corrected chi connectivity index (χ0v) is 16.6. The molecule has 0 aliphatic carbocycles. The molecule has 10 heteroatoms. The number of anilines is 1. The summed E-state index contributed by atoms with van der Waals surface area (Å²) in [5.41, 5.74) is -0.828. The number of hydrogen-bond donors (Lipinski definition) is 2. The summed E-state index contributed by atoms with van der Waals surface area (Å²) in [6, 6.07) is 6.05. The third kappa shape index (κ3) is 5.61. The van der Waals surface area contributed by atoms with Gasteiger partial charge < -0.3 is 15.5 Å². The molecule has 2 N–H and O–H groups in total. The molecule has 0 saturated carbocycles. The van der Waals surface area contributed by atoms with Gasteiger partial charge in [0, 0.05) is 50.7 Å². The number of nitrogens with one attached hydrogen (secondary N) is 2. The van der Waals surface area contributed by atoms with Gasteiger partial charge in [0.2, 0.25) is 0 Å². The van der Waals surface area contributed by atoms with Gasteiger partial charge in [-0.25, -0.2) is 9.98 Å². The van der Waals surface area contributed by atoms with E-state index in [2.05, 4.69) is 30.6 Å². The van der Waals surface area contributed by atoms with E-state index in [-0.39, 0.29) is 18.2 Å². The van der Waals surface area contributed by atoms with Gasteiger partial charge in [0.25, 0.3) is 0 Å². The van der Waals surface area contributed by atoms with Gasteiger partial charge in [-0.15, -0.1) is 0 Å². The number of rotatable bonds is 5. The van der Waals surface area contributed by atoms with E-state index < -0.39 is 11.9 Å². The summed E-state index contributed by atoms with van der Waals surface area (Å²) in [5, 5.41) is 9.99. The van der Waals surface area contributed by atoms with Gasteiger partial charge in [-0.05, 0) is 31.9 Å². The molecule has 1 aliphatic heterocycles. The molecule has 2 aromatic heterocycles. The third-order valence-corrected chi connectivity index (χ3v) is 4.73. The van der Waals surface area contributed by atoms with Crippen LogP contribution in [-0.4, -0.2) is 46.4 Å². The maximum atomic E-state index is 13.1. The molecule has 0 amide bonds. The van der Waals surface area contributed by atoms with E-state index in [4.69, 9.17) is 0 Å². The number of pyridine rings is 1. The quantitative estimate of drug-likeness (QED) is 0.587. The Morgan fingerprint density at radius 3 is 2.66 bits per heavy atom. The summed E-state index contributed by atoms with van der Waals surface area (Å²) in [5.74, 6) is 1.48. The van der Waals surface area contributed by atoms with Crippen LogP contribution in [0.25, 0.3) is 0 Å². The van der Waals surface area contributed by atoms with Crippen molar-refractivity contribution in [1.29, 1.82) is 0 Å². The van der Waals surface area contributed by atoms with Crippen LogP contribution in [0.3, 0.4) is 0 Å². The van der Waals surface area contributed by atoms with Crippen molar-refractivity contribution in [3.8, 4) is 0 Å². The second kappa shape index (κ2) is 9.15. The molecule has 1 fully saturated rings. The van der Waals surface area contributed by atoms with E-state index in [0.717, 1.165) is 31.7 Å². The van der Waals surface area contributed by atoms with Crippen LogP contribution in [0.5, 0.6) is 0 Å². The molecule has 3 rings (SSSR count). The fourth-order valence-corrected chi connectivity index (χ4v) is 3.36. The van der Waals surface area contributed by atoms with Crippen molar-refractivity contribution in [3.05, 3.63) is 41.9 Å². The predicted octanol–water partition coefficient (Wildman–Crippen LogP) is 2.56. The Morgan fingerprint density at radius 1 is 1.28 bits per heavy atom. The standard InChI is InChI=1S/C19H26F3N7/c1-3-23-18(25-12-14-13-28(2)27-17(14)19(20,21)22)26-15-7-10-29(11-8-15)16-6-4-5-9-24-16/h4-6,9,13,15H,3,7-8,10-12H2,1-2H3,(H2,23,25,26). The van der Waals surface area contributed by atoms with Crippen molar-refractivity contribution in [1.82, 2.24) is 25.4 Å². The van der Waals surface area contributed by atoms with Crippen molar-refractivity contribution in [3.63, 3.8) is 0 Å². The number of nitrogens with zero attached hydrogens (tertiary/aromatic N) is 5. The van der Waals surface area contributed by atoms with Crippen molar-refractivity contribution in [2.45, 2.75) is 38.5 Å². The lowest BCUT2D eigenvalue weighted by Gasteiger charge is -2.33. The number of hydrogen-bond acceptors (Lipinski definition) is 4. The first-order chi connectivity index (χ1) is 13.9. The normalized spacial score (nSPS) is 16.2. The highest BCUT2D eigenvalue weighted by atomic mass is 19.4. The third-order valence-electron chi connectivity index (χ3n) is 4.73. The van der Waals surface area contributed by atoms with Gasteiger partial charge in [-0.3, -0.25) is 4.68 Å². The van der Waals surface area contributed by atoms with E-state index in [1.165, 1.54) is 17.9 Å². The molecule has 29 heavy (non-hydrogen) atoms. The highest BCUT2D eigenvalue weighted by Crippen LogP contribution is 2.30. The van der Waals surface area contributed by atoms with Crippen molar-refractivity contribution < 1.29 is 13.2 Å². The molecule has 0 spiro atoms.